The van der Waals surface area contributed by atoms with Crippen LogP contribution in [0, 0.1) is 5.92 Å². The predicted octanol–water partition coefficient (Wildman–Crippen LogP) is -1.30. The van der Waals surface area contributed by atoms with Gasteiger partial charge < -0.3 is 18.9 Å². The summed E-state index contributed by atoms with van der Waals surface area (Å²) in [5.74, 6) is -1.78. The number of hydrogen-bond acceptors (Lipinski definition) is 7. The van der Waals surface area contributed by atoms with Crippen LogP contribution in [0.3, 0.4) is 0 Å². The van der Waals surface area contributed by atoms with Crippen LogP contribution in [0.25, 0.3) is 0 Å². The lowest BCUT2D eigenvalue weighted by Crippen LogP contribution is -2.51. The molecule has 2 bridgehead atoms. The summed E-state index contributed by atoms with van der Waals surface area (Å²) < 4.78 is 51.6. The molecule has 0 aliphatic carbocycles. The Labute approximate surface area is 108 Å². The summed E-state index contributed by atoms with van der Waals surface area (Å²) in [5, 5.41) is 0. The number of rotatable bonds is 3. The van der Waals surface area contributed by atoms with Crippen LogP contribution < -0.4 is 0 Å². The lowest BCUT2D eigenvalue weighted by atomic mass is 9.81. The highest BCUT2D eigenvalue weighted by atomic mass is 32.2. The molecule has 4 fully saturated rings. The first-order valence-corrected chi connectivity index (χ1v) is 7.64. The van der Waals surface area contributed by atoms with Crippen LogP contribution in [0.15, 0.2) is 0 Å². The molecule has 0 aromatic carbocycles. The van der Waals surface area contributed by atoms with E-state index in [9.17, 15) is 13.2 Å². The van der Waals surface area contributed by atoms with Gasteiger partial charge in [0.25, 0.3) is 10.1 Å². The van der Waals surface area contributed by atoms with Gasteiger partial charge in [-0.15, -0.1) is 0 Å². The van der Waals surface area contributed by atoms with Gasteiger partial charge in [-0.2, -0.15) is 8.42 Å². The number of epoxide rings is 1. The summed E-state index contributed by atoms with van der Waals surface area (Å²) >= 11 is 0. The van der Waals surface area contributed by atoms with E-state index in [1.807, 2.05) is 0 Å². The molecule has 0 aromatic rings. The van der Waals surface area contributed by atoms with Gasteiger partial charge in [0.1, 0.15) is 12.2 Å². The highest BCUT2D eigenvalue weighted by molar-refractivity contribution is 7.86. The largest absolute Gasteiger partial charge is 0.456 e. The molecule has 0 aromatic heterocycles. The van der Waals surface area contributed by atoms with Crippen molar-refractivity contribution in [1.82, 2.24) is 0 Å². The normalized spacial score (nSPS) is 49.8. The van der Waals surface area contributed by atoms with E-state index in [0.29, 0.717) is 0 Å². The molecule has 1 N–H and O–H groups in total. The third-order valence-corrected chi connectivity index (χ3v) is 4.64. The Bertz CT molecular complexity index is 530. The Kier molecular flexibility index (Phi) is 2.32. The standard InChI is InChI=1S/C10H12O8S/c11-5(2-19(12,13)14)16-8-4-1-3-6(15-4)9(8)18-10-7(3)17-10/h3-4,6-10H,1-2H2,(H,12,13,14)/t3?,4?,6-,7?,8?,9?,10?/m1/s1. The van der Waals surface area contributed by atoms with Crippen molar-refractivity contribution in [2.75, 3.05) is 5.75 Å². The zero-order valence-electron chi connectivity index (χ0n) is 9.67. The molecule has 0 radical (unpaired) electrons. The first-order valence-electron chi connectivity index (χ1n) is 6.03. The van der Waals surface area contributed by atoms with E-state index in [1.165, 1.54) is 0 Å². The Morgan fingerprint density at radius 3 is 2.68 bits per heavy atom. The molecule has 4 aliphatic heterocycles. The van der Waals surface area contributed by atoms with Crippen LogP contribution in [0.5, 0.6) is 0 Å². The van der Waals surface area contributed by atoms with Crippen LogP contribution in [0.4, 0.5) is 0 Å². The monoisotopic (exact) mass is 292 g/mol. The van der Waals surface area contributed by atoms with Crippen molar-refractivity contribution in [3.8, 4) is 0 Å². The number of fused-ring (bicyclic) bond motifs is 3. The van der Waals surface area contributed by atoms with Gasteiger partial charge in [0, 0.05) is 5.92 Å². The van der Waals surface area contributed by atoms with Crippen molar-refractivity contribution in [1.29, 1.82) is 0 Å². The average Bonchev–Trinajstić information content (AvgIpc) is 2.78. The minimum absolute atomic E-state index is 0.0840. The molecular formula is C10H12O8S. The minimum atomic E-state index is -4.38. The first-order chi connectivity index (χ1) is 8.92. The Balaban J connectivity index is 1.47. The van der Waals surface area contributed by atoms with E-state index in [1.54, 1.807) is 0 Å². The Morgan fingerprint density at radius 2 is 1.95 bits per heavy atom. The SMILES string of the molecule is O=C(CS(=O)(=O)O)OC1C2CC3C4OC4OC1[C@@H]3O2. The maximum Gasteiger partial charge on any atom is 0.324 e. The Morgan fingerprint density at radius 1 is 1.21 bits per heavy atom. The highest BCUT2D eigenvalue weighted by Crippen LogP contribution is 2.53. The van der Waals surface area contributed by atoms with Gasteiger partial charge in [0.05, 0.1) is 12.2 Å². The lowest BCUT2D eigenvalue weighted by molar-refractivity contribution is -0.162. The molecule has 7 atom stereocenters. The van der Waals surface area contributed by atoms with Crippen LogP contribution in [0.2, 0.25) is 0 Å². The van der Waals surface area contributed by atoms with Crippen LogP contribution in [-0.4, -0.2) is 61.5 Å². The number of esters is 1. The smallest absolute Gasteiger partial charge is 0.324 e. The van der Waals surface area contributed by atoms with Crippen LogP contribution in [-0.2, 0) is 33.9 Å². The predicted molar refractivity (Wildman–Crippen MR) is 56.6 cm³/mol. The molecule has 0 saturated carbocycles. The molecule has 4 heterocycles. The van der Waals surface area contributed by atoms with Crippen LogP contribution >= 0.6 is 0 Å². The van der Waals surface area contributed by atoms with E-state index in [4.69, 9.17) is 23.5 Å². The Hall–Kier alpha value is -0.740. The van der Waals surface area contributed by atoms with E-state index in [2.05, 4.69) is 0 Å². The number of carbonyl (C=O) groups excluding carboxylic acids is 1. The van der Waals surface area contributed by atoms with E-state index in [-0.39, 0.29) is 30.5 Å². The van der Waals surface area contributed by atoms with Gasteiger partial charge in [-0.3, -0.25) is 9.35 Å². The second-order valence-electron chi connectivity index (χ2n) is 5.29. The summed E-state index contributed by atoms with van der Waals surface area (Å²) in [5.41, 5.74) is 0. The maximum atomic E-state index is 11.4. The quantitative estimate of drug-likeness (QED) is 0.388. The van der Waals surface area contributed by atoms with Gasteiger partial charge in [-0.05, 0) is 6.42 Å². The zero-order valence-corrected chi connectivity index (χ0v) is 10.5. The summed E-state index contributed by atoms with van der Waals surface area (Å²) in [6, 6.07) is 0. The molecule has 19 heavy (non-hydrogen) atoms. The zero-order chi connectivity index (χ0) is 13.4. The lowest BCUT2D eigenvalue weighted by Gasteiger charge is -2.33. The second-order valence-corrected chi connectivity index (χ2v) is 6.74. The number of ether oxygens (including phenoxy) is 4. The van der Waals surface area contributed by atoms with Gasteiger partial charge >= 0.3 is 5.97 Å². The third kappa shape index (κ3) is 1.88. The van der Waals surface area contributed by atoms with Gasteiger partial charge in [-0.25, -0.2) is 0 Å². The van der Waals surface area contributed by atoms with Crippen molar-refractivity contribution < 1.29 is 36.7 Å². The third-order valence-electron chi connectivity index (χ3n) is 4.04. The maximum absolute atomic E-state index is 11.4. The average molecular weight is 292 g/mol. The molecule has 4 aliphatic rings. The summed E-state index contributed by atoms with van der Waals surface area (Å²) in [7, 11) is -4.38. The second kappa shape index (κ2) is 3.67. The van der Waals surface area contributed by atoms with Gasteiger partial charge in [-0.1, -0.05) is 0 Å². The number of carbonyl (C=O) groups is 1. The molecule has 4 saturated heterocycles. The molecular weight excluding hydrogens is 280 g/mol. The fourth-order valence-corrected chi connectivity index (χ4v) is 3.69. The van der Waals surface area contributed by atoms with Crippen molar-refractivity contribution in [2.24, 2.45) is 5.92 Å². The highest BCUT2D eigenvalue weighted by Gasteiger charge is 2.68. The summed E-state index contributed by atoms with van der Waals surface area (Å²) in [6.07, 6.45) is -0.918. The molecule has 106 valence electrons. The number of hydrogen-bond donors (Lipinski definition) is 1. The van der Waals surface area contributed by atoms with E-state index >= 15 is 0 Å². The first kappa shape index (κ1) is 12.0. The topological polar surface area (TPSA) is 112 Å². The molecule has 8 nitrogen and oxygen atoms in total. The van der Waals surface area contributed by atoms with Gasteiger partial charge in [0.2, 0.25) is 0 Å². The van der Waals surface area contributed by atoms with Crippen molar-refractivity contribution in [2.45, 2.75) is 43.2 Å². The fraction of sp³-hybridized carbons (Fsp3) is 0.900. The molecule has 4 rings (SSSR count). The van der Waals surface area contributed by atoms with Crippen molar-refractivity contribution >= 4 is 16.1 Å². The van der Waals surface area contributed by atoms with E-state index in [0.717, 1.165) is 6.42 Å². The van der Waals surface area contributed by atoms with Crippen molar-refractivity contribution in [3.63, 3.8) is 0 Å². The van der Waals surface area contributed by atoms with Crippen LogP contribution in [0.1, 0.15) is 6.42 Å². The van der Waals surface area contributed by atoms with Gasteiger partial charge in [0.15, 0.2) is 18.1 Å². The molecule has 0 amide bonds. The minimum Gasteiger partial charge on any atom is -0.456 e. The van der Waals surface area contributed by atoms with Crippen molar-refractivity contribution in [3.05, 3.63) is 0 Å². The van der Waals surface area contributed by atoms with E-state index < -0.39 is 34.0 Å². The fourth-order valence-electron chi connectivity index (χ4n) is 3.32. The summed E-state index contributed by atoms with van der Waals surface area (Å²) in [4.78, 5) is 11.4. The summed E-state index contributed by atoms with van der Waals surface area (Å²) in [6.45, 7) is 0. The molecule has 9 heteroatoms. The molecule has 0 spiro atoms. The molecule has 6 unspecified atom stereocenters.